The maximum Gasteiger partial charge on any atom is 0.301 e. The van der Waals surface area contributed by atoms with Gasteiger partial charge < -0.3 is 14.6 Å². The molecule has 2 aromatic carbocycles. The van der Waals surface area contributed by atoms with Crippen molar-refractivity contribution in [3.05, 3.63) is 58.8 Å². The molecule has 3 rings (SSSR count). The van der Waals surface area contributed by atoms with Crippen molar-refractivity contribution in [3.63, 3.8) is 0 Å². The first-order valence-corrected chi connectivity index (χ1v) is 8.00. The van der Waals surface area contributed by atoms with Gasteiger partial charge in [0, 0.05) is 0 Å². The van der Waals surface area contributed by atoms with Crippen molar-refractivity contribution in [1.29, 1.82) is 0 Å². The van der Waals surface area contributed by atoms with Gasteiger partial charge in [0.25, 0.3) is 5.91 Å². The van der Waals surface area contributed by atoms with Gasteiger partial charge in [-0.05, 0) is 54.8 Å². The molecule has 134 valence electrons. The lowest BCUT2D eigenvalue weighted by atomic mass is 10.0. The Labute approximate surface area is 151 Å². The van der Waals surface area contributed by atoms with E-state index in [1.54, 1.807) is 30.3 Å². The van der Waals surface area contributed by atoms with E-state index in [1.165, 1.54) is 14.2 Å². The normalized spacial score (nSPS) is 14.2. The molecule has 1 aliphatic heterocycles. The predicted molar refractivity (Wildman–Crippen MR) is 97.5 cm³/mol. The van der Waals surface area contributed by atoms with Crippen LogP contribution in [0.4, 0.5) is 5.69 Å². The van der Waals surface area contributed by atoms with Gasteiger partial charge in [-0.1, -0.05) is 12.1 Å². The molecule has 6 nitrogen and oxygen atoms in total. The summed E-state index contributed by atoms with van der Waals surface area (Å²) < 4.78 is 10.4. The minimum absolute atomic E-state index is 0.0601. The number of benzene rings is 2. The number of carbonyl (C=O) groups is 2. The van der Waals surface area contributed by atoms with E-state index in [0.717, 1.165) is 16.0 Å². The van der Waals surface area contributed by atoms with Crippen LogP contribution in [0.15, 0.2) is 42.2 Å². The van der Waals surface area contributed by atoms with Crippen LogP contribution in [0.25, 0.3) is 5.57 Å². The second-order valence-corrected chi connectivity index (χ2v) is 6.08. The molecule has 0 fully saturated rings. The number of aliphatic hydroxyl groups is 1. The van der Waals surface area contributed by atoms with Crippen LogP contribution in [0.2, 0.25) is 0 Å². The molecular weight excluding hydrogens is 334 g/mol. The number of methoxy groups -OCH3 is 2. The van der Waals surface area contributed by atoms with Crippen molar-refractivity contribution in [1.82, 2.24) is 0 Å². The molecule has 6 heteroatoms. The highest BCUT2D eigenvalue weighted by atomic mass is 16.5. The van der Waals surface area contributed by atoms with Crippen molar-refractivity contribution in [2.45, 2.75) is 13.8 Å². The summed E-state index contributed by atoms with van der Waals surface area (Å²) in [5.74, 6) is -1.02. The first-order chi connectivity index (χ1) is 12.4. The molecule has 0 aliphatic carbocycles. The number of ether oxygens (including phenoxy) is 2. The zero-order valence-corrected chi connectivity index (χ0v) is 15.0. The molecular formula is C20H19NO5. The Bertz CT molecular complexity index is 925. The third-order valence-corrected chi connectivity index (χ3v) is 4.20. The average Bonchev–Trinajstić information content (AvgIpc) is 2.82. The summed E-state index contributed by atoms with van der Waals surface area (Å²) in [5.41, 5.74) is 2.58. The highest BCUT2D eigenvalue weighted by Crippen LogP contribution is 2.36. The second-order valence-electron chi connectivity index (χ2n) is 6.08. The largest absolute Gasteiger partial charge is 0.502 e. The summed E-state index contributed by atoms with van der Waals surface area (Å²) in [6.07, 6.45) is 0. The number of rotatable bonds is 4. The van der Waals surface area contributed by atoms with Gasteiger partial charge in [-0.3, -0.25) is 9.59 Å². The lowest BCUT2D eigenvalue weighted by molar-refractivity contribution is -0.121. The first-order valence-electron chi connectivity index (χ1n) is 8.00. The van der Waals surface area contributed by atoms with Crippen LogP contribution in [-0.2, 0) is 9.59 Å². The van der Waals surface area contributed by atoms with Gasteiger partial charge in [-0.15, -0.1) is 0 Å². The van der Waals surface area contributed by atoms with Crippen LogP contribution in [0.5, 0.6) is 11.5 Å². The SMILES string of the molecule is COc1ccc(C2=C(O)C(=O)N(c3cc(C)cc(C)c3)C2=O)cc1OC. The summed E-state index contributed by atoms with van der Waals surface area (Å²) in [6, 6.07) is 10.2. The third-order valence-electron chi connectivity index (χ3n) is 4.20. The quantitative estimate of drug-likeness (QED) is 0.855. The smallest absolute Gasteiger partial charge is 0.301 e. The van der Waals surface area contributed by atoms with Gasteiger partial charge in [0.15, 0.2) is 17.3 Å². The highest BCUT2D eigenvalue weighted by molar-refractivity contribution is 6.44. The van der Waals surface area contributed by atoms with Crippen molar-refractivity contribution in [2.24, 2.45) is 0 Å². The van der Waals surface area contributed by atoms with E-state index in [9.17, 15) is 14.7 Å². The maximum absolute atomic E-state index is 12.9. The van der Waals surface area contributed by atoms with Crippen molar-refractivity contribution < 1.29 is 24.2 Å². The zero-order valence-electron chi connectivity index (χ0n) is 15.0. The monoisotopic (exact) mass is 353 g/mol. The molecule has 1 aliphatic rings. The van der Waals surface area contributed by atoms with Crippen molar-refractivity contribution in [3.8, 4) is 11.5 Å². The van der Waals surface area contributed by atoms with Gasteiger partial charge in [-0.25, -0.2) is 4.90 Å². The summed E-state index contributed by atoms with van der Waals surface area (Å²) in [6.45, 7) is 3.76. The van der Waals surface area contributed by atoms with E-state index in [4.69, 9.17) is 9.47 Å². The molecule has 0 unspecified atom stereocenters. The van der Waals surface area contributed by atoms with Crippen molar-refractivity contribution >= 4 is 23.1 Å². The van der Waals surface area contributed by atoms with E-state index in [-0.39, 0.29) is 5.57 Å². The van der Waals surface area contributed by atoms with Crippen LogP contribution in [-0.4, -0.2) is 31.1 Å². The van der Waals surface area contributed by atoms with Crippen LogP contribution in [0.1, 0.15) is 16.7 Å². The zero-order chi connectivity index (χ0) is 19.0. The molecule has 0 saturated carbocycles. The number of hydrogen-bond acceptors (Lipinski definition) is 5. The van der Waals surface area contributed by atoms with E-state index < -0.39 is 17.6 Å². The number of amides is 2. The van der Waals surface area contributed by atoms with Gasteiger partial charge in [0.05, 0.1) is 25.5 Å². The number of anilines is 1. The molecule has 0 spiro atoms. The Hall–Kier alpha value is -3.28. The van der Waals surface area contributed by atoms with Gasteiger partial charge in [0.2, 0.25) is 0 Å². The number of aryl methyl sites for hydroxylation is 2. The molecule has 0 bridgehead atoms. The molecule has 0 saturated heterocycles. The first kappa shape index (κ1) is 17.5. The summed E-state index contributed by atoms with van der Waals surface area (Å²) in [5, 5.41) is 10.3. The van der Waals surface area contributed by atoms with Crippen molar-refractivity contribution in [2.75, 3.05) is 19.1 Å². The van der Waals surface area contributed by atoms with E-state index in [1.807, 2.05) is 19.9 Å². The molecule has 2 amide bonds. The van der Waals surface area contributed by atoms with Gasteiger partial charge in [-0.2, -0.15) is 0 Å². The molecule has 0 atom stereocenters. The number of imide groups is 1. The van der Waals surface area contributed by atoms with E-state index >= 15 is 0 Å². The summed E-state index contributed by atoms with van der Waals surface area (Å²) in [7, 11) is 2.97. The Morgan fingerprint density at radius 1 is 0.846 bits per heavy atom. The fourth-order valence-electron chi connectivity index (χ4n) is 3.08. The number of nitrogens with zero attached hydrogens (tertiary/aromatic N) is 1. The maximum atomic E-state index is 12.9. The Morgan fingerprint density at radius 3 is 2.04 bits per heavy atom. The van der Waals surface area contributed by atoms with Crippen LogP contribution in [0.3, 0.4) is 0 Å². The fraction of sp³-hybridized carbons (Fsp3) is 0.200. The Balaban J connectivity index is 2.07. The highest BCUT2D eigenvalue weighted by Gasteiger charge is 2.40. The standard InChI is InChI=1S/C20H19NO5/c1-11-7-12(2)9-14(8-11)21-19(23)17(18(22)20(21)24)13-5-6-15(25-3)16(10-13)26-4/h5-10,22H,1-4H3. The molecule has 2 aromatic rings. The Morgan fingerprint density at radius 2 is 1.46 bits per heavy atom. The Kier molecular flexibility index (Phi) is 4.42. The average molecular weight is 353 g/mol. The number of carbonyl (C=O) groups excluding carboxylic acids is 2. The number of aliphatic hydroxyl groups excluding tert-OH is 1. The fourth-order valence-corrected chi connectivity index (χ4v) is 3.08. The lowest BCUT2D eigenvalue weighted by Gasteiger charge is -2.16. The molecule has 1 heterocycles. The second kappa shape index (κ2) is 6.55. The summed E-state index contributed by atoms with van der Waals surface area (Å²) in [4.78, 5) is 26.4. The van der Waals surface area contributed by atoms with Crippen LogP contribution in [0, 0.1) is 13.8 Å². The van der Waals surface area contributed by atoms with Gasteiger partial charge in [0.1, 0.15) is 0 Å². The van der Waals surface area contributed by atoms with Gasteiger partial charge >= 0.3 is 5.91 Å². The van der Waals surface area contributed by atoms with Crippen LogP contribution >= 0.6 is 0 Å². The molecule has 0 aromatic heterocycles. The van der Waals surface area contributed by atoms with Crippen LogP contribution < -0.4 is 14.4 Å². The molecule has 26 heavy (non-hydrogen) atoms. The lowest BCUT2D eigenvalue weighted by Crippen LogP contribution is -2.31. The number of hydrogen-bond donors (Lipinski definition) is 1. The molecule has 1 N–H and O–H groups in total. The van der Waals surface area contributed by atoms with E-state index in [2.05, 4.69) is 0 Å². The van der Waals surface area contributed by atoms with E-state index in [0.29, 0.717) is 22.7 Å². The third kappa shape index (κ3) is 2.79. The minimum Gasteiger partial charge on any atom is -0.502 e. The topological polar surface area (TPSA) is 76.1 Å². The predicted octanol–water partition coefficient (Wildman–Crippen LogP) is 3.16. The summed E-state index contributed by atoms with van der Waals surface area (Å²) >= 11 is 0. The minimum atomic E-state index is -0.746. The molecule has 0 radical (unpaired) electrons.